The van der Waals surface area contributed by atoms with E-state index in [9.17, 15) is 9.59 Å². The lowest BCUT2D eigenvalue weighted by molar-refractivity contribution is 0.0956. The van der Waals surface area contributed by atoms with Crippen LogP contribution < -0.4 is 31.8 Å². The summed E-state index contributed by atoms with van der Waals surface area (Å²) in [5.41, 5.74) is 5.52. The number of benzene rings is 1. The Labute approximate surface area is 195 Å². The van der Waals surface area contributed by atoms with Crippen LogP contribution in [0.4, 0.5) is 21.6 Å². The standard InChI is InChI=1S/C24H27FN6O3/c1-27-23(33)14-13-31-20-16(21(14)32)18(26)17(25)19(22(20)34-12-8-24(31)6-4-7-24)30-11-10-29-15-5-2-3-9-28-15/h2-3,5,9,13,30H,4,6-8,10-12,26H2,1H3,(H,27,33)(H,28,29). The molecule has 0 unspecified atom stereocenters. The number of ether oxygens (including phenoxy) is 1. The summed E-state index contributed by atoms with van der Waals surface area (Å²) in [5, 5.41) is 8.74. The molecule has 178 valence electrons. The van der Waals surface area contributed by atoms with Crippen LogP contribution in [0.5, 0.6) is 5.75 Å². The third-order valence-electron chi connectivity index (χ3n) is 6.85. The zero-order valence-corrected chi connectivity index (χ0v) is 18.9. The third-order valence-corrected chi connectivity index (χ3v) is 6.85. The van der Waals surface area contributed by atoms with Gasteiger partial charge in [0.1, 0.15) is 17.1 Å². The fraction of sp³-hybridized carbons (Fsp3) is 0.375. The molecular weight excluding hydrogens is 439 g/mol. The molecule has 5 N–H and O–H groups in total. The van der Waals surface area contributed by atoms with Crippen molar-refractivity contribution in [3.63, 3.8) is 0 Å². The normalized spacial score (nSPS) is 15.8. The van der Waals surface area contributed by atoms with Crippen LogP contribution in [0, 0.1) is 5.82 Å². The lowest BCUT2D eigenvalue weighted by atomic mass is 9.74. The van der Waals surface area contributed by atoms with Gasteiger partial charge in [0.25, 0.3) is 5.91 Å². The van der Waals surface area contributed by atoms with Gasteiger partial charge in [-0.1, -0.05) is 6.07 Å². The van der Waals surface area contributed by atoms with Crippen LogP contribution in [0.1, 0.15) is 36.0 Å². The molecule has 1 aromatic carbocycles. The average Bonchev–Trinajstić information content (AvgIpc) is 3.00. The van der Waals surface area contributed by atoms with Crippen molar-refractivity contribution >= 4 is 34.0 Å². The van der Waals surface area contributed by atoms with E-state index in [0.29, 0.717) is 37.5 Å². The van der Waals surface area contributed by atoms with E-state index in [4.69, 9.17) is 10.5 Å². The molecular formula is C24H27FN6O3. The first-order valence-corrected chi connectivity index (χ1v) is 11.4. The SMILES string of the molecule is CNC(=O)c1cn2c3c(c(NCCNc4ccccn4)c(F)c(N)c3c1=O)OCCC21CCC1. The minimum absolute atomic E-state index is 0.0149. The summed E-state index contributed by atoms with van der Waals surface area (Å²) >= 11 is 0. The van der Waals surface area contributed by atoms with Gasteiger partial charge in [0.2, 0.25) is 5.43 Å². The van der Waals surface area contributed by atoms with E-state index in [1.54, 1.807) is 12.4 Å². The van der Waals surface area contributed by atoms with E-state index in [1.807, 2.05) is 22.8 Å². The average molecular weight is 467 g/mol. The maximum absolute atomic E-state index is 15.6. The molecule has 2 aliphatic rings. The number of hydrogen-bond donors (Lipinski definition) is 4. The summed E-state index contributed by atoms with van der Waals surface area (Å²) in [4.78, 5) is 30.0. The highest BCUT2D eigenvalue weighted by atomic mass is 19.1. The zero-order valence-electron chi connectivity index (χ0n) is 18.9. The van der Waals surface area contributed by atoms with E-state index in [2.05, 4.69) is 20.9 Å². The second-order valence-corrected chi connectivity index (χ2v) is 8.72. The van der Waals surface area contributed by atoms with Gasteiger partial charge in [-0.05, 0) is 31.4 Å². The van der Waals surface area contributed by atoms with Crippen molar-refractivity contribution in [3.05, 3.63) is 52.2 Å². The number of halogens is 1. The molecule has 1 saturated carbocycles. The van der Waals surface area contributed by atoms with Crippen molar-refractivity contribution in [2.75, 3.05) is 43.1 Å². The maximum Gasteiger partial charge on any atom is 0.256 e. The highest BCUT2D eigenvalue weighted by molar-refractivity contribution is 6.04. The Balaban J connectivity index is 1.62. The number of hydrogen-bond acceptors (Lipinski definition) is 7. The van der Waals surface area contributed by atoms with Crippen LogP contribution in [0.2, 0.25) is 0 Å². The summed E-state index contributed by atoms with van der Waals surface area (Å²) in [5.74, 6) is -0.328. The lowest BCUT2D eigenvalue weighted by Crippen LogP contribution is -2.42. The summed E-state index contributed by atoms with van der Waals surface area (Å²) < 4.78 is 23.6. The Morgan fingerprint density at radius 2 is 2.06 bits per heavy atom. The molecule has 10 heteroatoms. The minimum Gasteiger partial charge on any atom is -0.489 e. The number of carbonyl (C=O) groups excluding carboxylic acids is 1. The Morgan fingerprint density at radius 1 is 1.26 bits per heavy atom. The first-order valence-electron chi connectivity index (χ1n) is 11.4. The largest absolute Gasteiger partial charge is 0.489 e. The number of fused-ring (bicyclic) bond motifs is 1. The maximum atomic E-state index is 15.6. The minimum atomic E-state index is -0.761. The third kappa shape index (κ3) is 3.41. The van der Waals surface area contributed by atoms with Gasteiger partial charge in [0.05, 0.1) is 23.2 Å². The summed E-state index contributed by atoms with van der Waals surface area (Å²) in [6.07, 6.45) is 6.76. The van der Waals surface area contributed by atoms with Gasteiger partial charge in [0, 0.05) is 44.5 Å². The van der Waals surface area contributed by atoms with Crippen molar-refractivity contribution in [2.45, 2.75) is 31.2 Å². The van der Waals surface area contributed by atoms with Crippen molar-refractivity contribution in [1.29, 1.82) is 0 Å². The smallest absolute Gasteiger partial charge is 0.256 e. The molecule has 9 nitrogen and oxygen atoms in total. The molecule has 0 radical (unpaired) electrons. The highest BCUT2D eigenvalue weighted by Gasteiger charge is 2.43. The fourth-order valence-electron chi connectivity index (χ4n) is 4.90. The second-order valence-electron chi connectivity index (χ2n) is 8.72. The number of amides is 1. The van der Waals surface area contributed by atoms with Crippen molar-refractivity contribution in [2.24, 2.45) is 0 Å². The van der Waals surface area contributed by atoms with E-state index < -0.39 is 17.2 Å². The van der Waals surface area contributed by atoms with Gasteiger partial charge in [-0.2, -0.15) is 0 Å². The molecule has 1 spiro atoms. The van der Waals surface area contributed by atoms with Crippen LogP contribution in [0.25, 0.3) is 10.9 Å². The van der Waals surface area contributed by atoms with Gasteiger partial charge < -0.3 is 31.0 Å². The molecule has 0 bridgehead atoms. The molecule has 0 saturated heterocycles. The van der Waals surface area contributed by atoms with Gasteiger partial charge in [-0.15, -0.1) is 0 Å². The van der Waals surface area contributed by atoms with Crippen LogP contribution in [-0.4, -0.2) is 42.2 Å². The lowest BCUT2D eigenvalue weighted by Gasteiger charge is -2.44. The van der Waals surface area contributed by atoms with E-state index in [0.717, 1.165) is 19.3 Å². The fourth-order valence-corrected chi connectivity index (χ4v) is 4.90. The number of carbonyl (C=O) groups is 1. The topological polar surface area (TPSA) is 123 Å². The first-order chi connectivity index (χ1) is 16.5. The quantitative estimate of drug-likeness (QED) is 0.325. The molecule has 0 atom stereocenters. The molecule has 2 aromatic heterocycles. The van der Waals surface area contributed by atoms with Crippen LogP contribution in [-0.2, 0) is 5.54 Å². The molecule has 1 amide bonds. The predicted molar refractivity (Wildman–Crippen MR) is 129 cm³/mol. The van der Waals surface area contributed by atoms with Gasteiger partial charge in [-0.3, -0.25) is 9.59 Å². The summed E-state index contributed by atoms with van der Waals surface area (Å²) in [6, 6.07) is 5.54. The summed E-state index contributed by atoms with van der Waals surface area (Å²) in [6.45, 7) is 1.20. The number of anilines is 3. The molecule has 5 rings (SSSR count). The van der Waals surface area contributed by atoms with Gasteiger partial charge in [0.15, 0.2) is 11.6 Å². The van der Waals surface area contributed by atoms with Crippen LogP contribution in [0.3, 0.4) is 0 Å². The molecule has 1 aliphatic heterocycles. The molecule has 3 heterocycles. The zero-order chi connectivity index (χ0) is 23.9. The Hall–Kier alpha value is -3.82. The number of nitrogen functional groups attached to an aromatic ring is 1. The Bertz CT molecular complexity index is 1320. The number of pyridine rings is 2. The van der Waals surface area contributed by atoms with Crippen molar-refractivity contribution in [3.8, 4) is 5.75 Å². The van der Waals surface area contributed by atoms with Crippen LogP contribution in [0.15, 0.2) is 35.4 Å². The number of nitrogens with one attached hydrogen (secondary N) is 3. The molecule has 34 heavy (non-hydrogen) atoms. The van der Waals surface area contributed by atoms with E-state index in [1.165, 1.54) is 7.05 Å². The van der Waals surface area contributed by atoms with Gasteiger partial charge in [-0.25, -0.2) is 9.37 Å². The molecule has 1 aliphatic carbocycles. The predicted octanol–water partition coefficient (Wildman–Crippen LogP) is 2.66. The second kappa shape index (κ2) is 8.51. The van der Waals surface area contributed by atoms with Crippen molar-refractivity contribution < 1.29 is 13.9 Å². The number of nitrogens with two attached hydrogens (primary N) is 1. The van der Waals surface area contributed by atoms with Crippen LogP contribution >= 0.6 is 0 Å². The Morgan fingerprint density at radius 3 is 2.74 bits per heavy atom. The number of aromatic nitrogens is 2. The number of nitrogens with zero attached hydrogens (tertiary/aromatic N) is 2. The Kier molecular flexibility index (Phi) is 5.51. The van der Waals surface area contributed by atoms with Crippen molar-refractivity contribution in [1.82, 2.24) is 14.9 Å². The van der Waals surface area contributed by atoms with E-state index >= 15 is 4.39 Å². The molecule has 1 fully saturated rings. The highest BCUT2D eigenvalue weighted by Crippen LogP contribution is 2.49. The summed E-state index contributed by atoms with van der Waals surface area (Å²) in [7, 11) is 1.46. The molecule has 3 aromatic rings. The number of rotatable bonds is 6. The van der Waals surface area contributed by atoms with E-state index in [-0.39, 0.29) is 33.6 Å². The van der Waals surface area contributed by atoms with Gasteiger partial charge >= 0.3 is 0 Å². The first kappa shape index (κ1) is 22.0. The monoisotopic (exact) mass is 466 g/mol.